The van der Waals surface area contributed by atoms with Gasteiger partial charge in [-0.25, -0.2) is 0 Å². The van der Waals surface area contributed by atoms with E-state index in [0.29, 0.717) is 11.8 Å². The van der Waals surface area contributed by atoms with Crippen LogP contribution in [0.1, 0.15) is 33.6 Å². The van der Waals surface area contributed by atoms with E-state index < -0.39 is 11.7 Å². The van der Waals surface area contributed by atoms with Crippen LogP contribution in [0, 0.1) is 23.7 Å². The molecule has 102 valence electrons. The Morgan fingerprint density at radius 2 is 2.11 bits per heavy atom. The highest BCUT2D eigenvalue weighted by atomic mass is 16.5. The van der Waals surface area contributed by atoms with Crippen LogP contribution in [-0.2, 0) is 9.53 Å². The molecular formula is C15H24O3. The van der Waals surface area contributed by atoms with Crippen molar-refractivity contribution in [1.29, 1.82) is 0 Å². The summed E-state index contributed by atoms with van der Waals surface area (Å²) in [5, 5.41) is 11.2. The average Bonchev–Trinajstić information content (AvgIpc) is 2.28. The largest absolute Gasteiger partial charge is 0.386 e. The van der Waals surface area contributed by atoms with E-state index >= 15 is 0 Å². The summed E-state index contributed by atoms with van der Waals surface area (Å²) in [6.07, 6.45) is 4.85. The number of rotatable bonds is 2. The van der Waals surface area contributed by atoms with E-state index in [9.17, 15) is 9.90 Å². The van der Waals surface area contributed by atoms with E-state index in [1.165, 1.54) is 7.11 Å². The van der Waals surface area contributed by atoms with Crippen LogP contribution >= 0.6 is 0 Å². The van der Waals surface area contributed by atoms with Gasteiger partial charge in [0.15, 0.2) is 5.78 Å². The summed E-state index contributed by atoms with van der Waals surface area (Å²) >= 11 is 0. The Morgan fingerprint density at radius 1 is 1.44 bits per heavy atom. The predicted octanol–water partition coefficient (Wildman–Crippen LogP) is 2.19. The van der Waals surface area contributed by atoms with Crippen molar-refractivity contribution in [3.8, 4) is 0 Å². The lowest BCUT2D eigenvalue weighted by Crippen LogP contribution is -2.63. The Hall–Kier alpha value is -0.670. The van der Waals surface area contributed by atoms with E-state index in [1.54, 1.807) is 6.08 Å². The maximum Gasteiger partial charge on any atom is 0.187 e. The molecule has 2 aliphatic rings. The number of hydrogen-bond acceptors (Lipinski definition) is 3. The molecule has 0 saturated heterocycles. The van der Waals surface area contributed by atoms with Gasteiger partial charge in [-0.1, -0.05) is 26.8 Å². The highest BCUT2D eigenvalue weighted by Gasteiger charge is 2.57. The molecule has 5 atom stereocenters. The molecule has 0 amide bonds. The molecule has 0 aromatic rings. The average molecular weight is 252 g/mol. The number of methoxy groups -OCH3 is 1. The molecule has 0 radical (unpaired) electrons. The number of carbonyl (C=O) groups excluding carboxylic acids is 1. The molecule has 1 saturated carbocycles. The van der Waals surface area contributed by atoms with Gasteiger partial charge in [0.05, 0.1) is 0 Å². The summed E-state index contributed by atoms with van der Waals surface area (Å²) in [4.78, 5) is 12.0. The van der Waals surface area contributed by atoms with E-state index in [-0.39, 0.29) is 17.6 Å². The Balaban J connectivity index is 2.47. The highest BCUT2D eigenvalue weighted by molar-refractivity contribution is 5.95. The lowest BCUT2D eigenvalue weighted by molar-refractivity contribution is -0.192. The molecule has 3 nitrogen and oxygen atoms in total. The van der Waals surface area contributed by atoms with Crippen molar-refractivity contribution < 1.29 is 14.6 Å². The topological polar surface area (TPSA) is 46.5 Å². The van der Waals surface area contributed by atoms with Crippen LogP contribution in [0.5, 0.6) is 0 Å². The minimum Gasteiger partial charge on any atom is -0.386 e. The molecular weight excluding hydrogens is 228 g/mol. The van der Waals surface area contributed by atoms with Gasteiger partial charge in [0.25, 0.3) is 0 Å². The van der Waals surface area contributed by atoms with E-state index in [4.69, 9.17) is 4.74 Å². The normalized spacial score (nSPS) is 44.2. The molecule has 0 aromatic heterocycles. The van der Waals surface area contributed by atoms with Gasteiger partial charge in [0, 0.05) is 13.0 Å². The monoisotopic (exact) mass is 252 g/mol. The molecule has 0 bridgehead atoms. The molecule has 18 heavy (non-hydrogen) atoms. The smallest absolute Gasteiger partial charge is 0.187 e. The second kappa shape index (κ2) is 4.78. The first-order chi connectivity index (χ1) is 8.42. The summed E-state index contributed by atoms with van der Waals surface area (Å²) in [6, 6.07) is 0. The van der Waals surface area contributed by atoms with Gasteiger partial charge in [0.1, 0.15) is 11.7 Å². The fraction of sp³-hybridized carbons (Fsp3) is 0.800. The van der Waals surface area contributed by atoms with Crippen molar-refractivity contribution in [2.24, 2.45) is 23.7 Å². The predicted molar refractivity (Wildman–Crippen MR) is 70.1 cm³/mol. The van der Waals surface area contributed by atoms with Crippen molar-refractivity contribution in [1.82, 2.24) is 0 Å². The van der Waals surface area contributed by atoms with Crippen molar-refractivity contribution >= 4 is 5.78 Å². The van der Waals surface area contributed by atoms with Gasteiger partial charge >= 0.3 is 0 Å². The molecule has 2 aliphatic carbocycles. The first-order valence-corrected chi connectivity index (χ1v) is 6.90. The second-order valence-electron chi connectivity index (χ2n) is 6.20. The molecule has 1 N–H and O–H groups in total. The lowest BCUT2D eigenvalue weighted by atomic mass is 9.56. The molecule has 3 unspecified atom stereocenters. The quantitative estimate of drug-likeness (QED) is 0.819. The first-order valence-electron chi connectivity index (χ1n) is 6.90. The molecule has 0 spiro atoms. The molecule has 0 heterocycles. The van der Waals surface area contributed by atoms with E-state index in [2.05, 4.69) is 20.8 Å². The van der Waals surface area contributed by atoms with Crippen LogP contribution in [0.15, 0.2) is 12.2 Å². The molecule has 1 fully saturated rings. The summed E-state index contributed by atoms with van der Waals surface area (Å²) < 4.78 is 5.35. The van der Waals surface area contributed by atoms with Crippen LogP contribution in [0.3, 0.4) is 0 Å². The van der Waals surface area contributed by atoms with E-state index in [0.717, 1.165) is 12.8 Å². The standard InChI is InChI=1S/C15H24O3/c1-9(2)11-6-5-10(3)12-7-8-13(16)14(18-4)15(11,12)17/h7-12,14,17H,5-6H2,1-4H3/t10-,11+,12?,14?,15?/m1/s1. The zero-order valence-corrected chi connectivity index (χ0v) is 11.7. The number of carbonyl (C=O) groups is 1. The van der Waals surface area contributed by atoms with Gasteiger partial charge in [-0.2, -0.15) is 0 Å². The van der Waals surface area contributed by atoms with Crippen LogP contribution in [0.4, 0.5) is 0 Å². The summed E-state index contributed by atoms with van der Waals surface area (Å²) in [5.74, 6) is 0.795. The van der Waals surface area contributed by atoms with Crippen molar-refractivity contribution in [3.05, 3.63) is 12.2 Å². The fourth-order valence-corrected chi connectivity index (χ4v) is 3.96. The maximum atomic E-state index is 12.0. The van der Waals surface area contributed by atoms with Gasteiger partial charge in [-0.05, 0) is 36.7 Å². The Bertz CT molecular complexity index is 361. The van der Waals surface area contributed by atoms with Crippen LogP contribution in [-0.4, -0.2) is 29.7 Å². The molecule has 2 rings (SSSR count). The lowest BCUT2D eigenvalue weighted by Gasteiger charge is -2.53. The third-order valence-electron chi connectivity index (χ3n) is 4.86. The Morgan fingerprint density at radius 3 is 2.67 bits per heavy atom. The van der Waals surface area contributed by atoms with Crippen LogP contribution in [0.2, 0.25) is 0 Å². The van der Waals surface area contributed by atoms with Crippen LogP contribution < -0.4 is 0 Å². The number of fused-ring (bicyclic) bond motifs is 1. The summed E-state index contributed by atoms with van der Waals surface area (Å²) in [7, 11) is 1.52. The van der Waals surface area contributed by atoms with Crippen LogP contribution in [0.25, 0.3) is 0 Å². The fourth-order valence-electron chi connectivity index (χ4n) is 3.96. The van der Waals surface area contributed by atoms with Crippen molar-refractivity contribution in [2.45, 2.75) is 45.3 Å². The van der Waals surface area contributed by atoms with Gasteiger partial charge < -0.3 is 9.84 Å². The SMILES string of the molecule is COC1C(=O)C=CC2[C@H](C)CC[C@@H](C(C)C)C12O. The maximum absolute atomic E-state index is 12.0. The zero-order chi connectivity index (χ0) is 13.5. The summed E-state index contributed by atoms with van der Waals surface area (Å²) in [5.41, 5.74) is -1.04. The van der Waals surface area contributed by atoms with Gasteiger partial charge in [0.2, 0.25) is 0 Å². The third kappa shape index (κ3) is 1.84. The molecule has 0 aromatic carbocycles. The number of aliphatic hydroxyl groups is 1. The van der Waals surface area contributed by atoms with Crippen molar-refractivity contribution in [2.75, 3.05) is 7.11 Å². The minimum atomic E-state index is -1.04. The Labute approximate surface area is 109 Å². The highest BCUT2D eigenvalue weighted by Crippen LogP contribution is 2.49. The second-order valence-corrected chi connectivity index (χ2v) is 6.20. The van der Waals surface area contributed by atoms with E-state index in [1.807, 2.05) is 6.08 Å². The summed E-state index contributed by atoms with van der Waals surface area (Å²) in [6.45, 7) is 6.38. The number of hydrogen-bond donors (Lipinski definition) is 1. The Kier molecular flexibility index (Phi) is 3.65. The number of ether oxygens (including phenoxy) is 1. The molecule has 0 aliphatic heterocycles. The third-order valence-corrected chi connectivity index (χ3v) is 4.86. The van der Waals surface area contributed by atoms with Gasteiger partial charge in [-0.3, -0.25) is 4.79 Å². The minimum absolute atomic E-state index is 0.0290. The zero-order valence-electron chi connectivity index (χ0n) is 11.7. The molecule has 3 heteroatoms. The van der Waals surface area contributed by atoms with Crippen molar-refractivity contribution in [3.63, 3.8) is 0 Å². The number of ketones is 1. The van der Waals surface area contributed by atoms with Gasteiger partial charge in [-0.15, -0.1) is 0 Å². The first kappa shape index (κ1) is 13.8.